The summed E-state index contributed by atoms with van der Waals surface area (Å²) in [6.07, 6.45) is 0. The minimum Gasteiger partial charge on any atom is -0.374 e. The Morgan fingerprint density at radius 2 is 2.05 bits per heavy atom. The first-order chi connectivity index (χ1) is 9.63. The van der Waals surface area contributed by atoms with E-state index in [1.807, 2.05) is 31.2 Å². The van der Waals surface area contributed by atoms with Crippen molar-refractivity contribution in [2.75, 3.05) is 5.32 Å². The van der Waals surface area contributed by atoms with E-state index < -0.39 is 0 Å². The quantitative estimate of drug-likeness (QED) is 0.713. The summed E-state index contributed by atoms with van der Waals surface area (Å²) >= 11 is 7.36. The Labute approximate surface area is 125 Å². The third kappa shape index (κ3) is 2.62. The number of rotatable bonds is 3. The van der Waals surface area contributed by atoms with Crippen molar-refractivity contribution in [3.63, 3.8) is 0 Å². The summed E-state index contributed by atoms with van der Waals surface area (Å²) in [7, 11) is 0. The van der Waals surface area contributed by atoms with Gasteiger partial charge in [0.25, 0.3) is 0 Å². The highest BCUT2D eigenvalue weighted by Gasteiger charge is 2.13. The number of halogens is 2. The van der Waals surface area contributed by atoms with Crippen LogP contribution in [-0.4, -0.2) is 4.98 Å². The molecular weight excluding hydrogens is 295 g/mol. The number of hydrogen-bond donors (Lipinski definition) is 1. The van der Waals surface area contributed by atoms with Crippen LogP contribution in [0.25, 0.3) is 10.2 Å². The molecule has 1 aromatic heterocycles. The van der Waals surface area contributed by atoms with Crippen LogP contribution in [-0.2, 0) is 0 Å². The fraction of sp³-hybridized carbons (Fsp3) is 0.133. The standard InChI is InChI=1S/C15H12ClFN2S/c1-9(18-12-7-6-10(16)8-11(12)17)15-19-13-4-2-3-5-14(13)20-15/h2-9,18H,1H3. The summed E-state index contributed by atoms with van der Waals surface area (Å²) in [6.45, 7) is 1.96. The molecule has 0 radical (unpaired) electrons. The van der Waals surface area contributed by atoms with Crippen LogP contribution in [0.15, 0.2) is 42.5 Å². The number of nitrogens with one attached hydrogen (secondary N) is 1. The molecule has 1 atom stereocenters. The fourth-order valence-electron chi connectivity index (χ4n) is 1.98. The highest BCUT2D eigenvalue weighted by Crippen LogP contribution is 2.29. The predicted molar refractivity (Wildman–Crippen MR) is 83.1 cm³/mol. The highest BCUT2D eigenvalue weighted by atomic mass is 35.5. The first kappa shape index (κ1) is 13.3. The molecule has 0 fully saturated rings. The largest absolute Gasteiger partial charge is 0.374 e. The lowest BCUT2D eigenvalue weighted by Crippen LogP contribution is -2.07. The molecule has 0 bridgehead atoms. The molecule has 0 spiro atoms. The first-order valence-electron chi connectivity index (χ1n) is 6.20. The number of hydrogen-bond acceptors (Lipinski definition) is 3. The van der Waals surface area contributed by atoms with Crippen molar-refractivity contribution in [1.29, 1.82) is 0 Å². The maximum atomic E-state index is 13.8. The molecule has 1 unspecified atom stereocenters. The third-order valence-electron chi connectivity index (χ3n) is 2.98. The summed E-state index contributed by atoms with van der Waals surface area (Å²) < 4.78 is 14.9. The molecular formula is C15H12ClFN2S. The summed E-state index contributed by atoms with van der Waals surface area (Å²) in [5.74, 6) is -0.356. The molecule has 5 heteroatoms. The Balaban J connectivity index is 1.86. The monoisotopic (exact) mass is 306 g/mol. The van der Waals surface area contributed by atoms with E-state index in [-0.39, 0.29) is 11.9 Å². The van der Waals surface area contributed by atoms with E-state index in [1.54, 1.807) is 23.5 Å². The molecule has 3 aromatic rings. The Kier molecular flexibility index (Phi) is 3.59. The van der Waals surface area contributed by atoms with Gasteiger partial charge in [0.05, 0.1) is 21.9 Å². The van der Waals surface area contributed by atoms with Gasteiger partial charge >= 0.3 is 0 Å². The van der Waals surface area contributed by atoms with Crippen molar-refractivity contribution in [3.05, 3.63) is 58.3 Å². The third-order valence-corrected chi connectivity index (χ3v) is 4.44. The second kappa shape index (κ2) is 5.38. The van der Waals surface area contributed by atoms with Crippen LogP contribution in [0.4, 0.5) is 10.1 Å². The van der Waals surface area contributed by atoms with Crippen molar-refractivity contribution < 1.29 is 4.39 Å². The van der Waals surface area contributed by atoms with Crippen LogP contribution < -0.4 is 5.32 Å². The first-order valence-corrected chi connectivity index (χ1v) is 7.40. The van der Waals surface area contributed by atoms with Gasteiger partial charge in [-0.3, -0.25) is 0 Å². The van der Waals surface area contributed by atoms with Gasteiger partial charge < -0.3 is 5.32 Å². The lowest BCUT2D eigenvalue weighted by molar-refractivity contribution is 0.627. The smallest absolute Gasteiger partial charge is 0.147 e. The molecule has 0 aliphatic carbocycles. The number of para-hydroxylation sites is 1. The normalized spacial score (nSPS) is 12.6. The molecule has 0 aliphatic heterocycles. The highest BCUT2D eigenvalue weighted by molar-refractivity contribution is 7.18. The van der Waals surface area contributed by atoms with E-state index in [9.17, 15) is 4.39 Å². The zero-order chi connectivity index (χ0) is 14.1. The molecule has 3 rings (SSSR count). The number of thiazole rings is 1. The van der Waals surface area contributed by atoms with E-state index in [1.165, 1.54) is 6.07 Å². The van der Waals surface area contributed by atoms with Crippen molar-refractivity contribution in [2.24, 2.45) is 0 Å². The van der Waals surface area contributed by atoms with Crippen molar-refractivity contribution >= 4 is 38.8 Å². The molecule has 0 amide bonds. The second-order valence-electron chi connectivity index (χ2n) is 4.51. The average Bonchev–Trinajstić information content (AvgIpc) is 2.86. The number of nitrogens with zero attached hydrogens (tertiary/aromatic N) is 1. The van der Waals surface area contributed by atoms with Crippen molar-refractivity contribution in [1.82, 2.24) is 4.98 Å². The molecule has 1 N–H and O–H groups in total. The van der Waals surface area contributed by atoms with Gasteiger partial charge in [0.15, 0.2) is 0 Å². The second-order valence-corrected chi connectivity index (χ2v) is 6.01. The lowest BCUT2D eigenvalue weighted by Gasteiger charge is -2.13. The molecule has 1 heterocycles. The molecule has 0 saturated carbocycles. The van der Waals surface area contributed by atoms with Gasteiger partial charge in [-0.2, -0.15) is 0 Å². The van der Waals surface area contributed by atoms with Gasteiger partial charge in [0, 0.05) is 5.02 Å². The fourth-order valence-corrected chi connectivity index (χ4v) is 3.11. The van der Waals surface area contributed by atoms with Crippen LogP contribution in [0.3, 0.4) is 0 Å². The van der Waals surface area contributed by atoms with Crippen LogP contribution in [0, 0.1) is 5.82 Å². The summed E-state index contributed by atoms with van der Waals surface area (Å²) in [6, 6.07) is 12.5. The molecule has 0 saturated heterocycles. The lowest BCUT2D eigenvalue weighted by atomic mass is 10.2. The van der Waals surface area contributed by atoms with Crippen molar-refractivity contribution in [3.8, 4) is 0 Å². The maximum Gasteiger partial charge on any atom is 0.147 e. The molecule has 0 aliphatic rings. The minimum atomic E-state index is -0.356. The SMILES string of the molecule is CC(Nc1ccc(Cl)cc1F)c1nc2ccccc2s1. The Morgan fingerprint density at radius 1 is 1.25 bits per heavy atom. The average molecular weight is 307 g/mol. The van der Waals surface area contributed by atoms with E-state index in [2.05, 4.69) is 10.3 Å². The Morgan fingerprint density at radius 3 is 2.80 bits per heavy atom. The van der Waals surface area contributed by atoms with E-state index in [0.29, 0.717) is 10.7 Å². The van der Waals surface area contributed by atoms with Gasteiger partial charge in [0.2, 0.25) is 0 Å². The molecule has 20 heavy (non-hydrogen) atoms. The van der Waals surface area contributed by atoms with E-state index >= 15 is 0 Å². The van der Waals surface area contributed by atoms with Gasteiger partial charge in [-0.1, -0.05) is 23.7 Å². The number of anilines is 1. The maximum absolute atomic E-state index is 13.8. The van der Waals surface area contributed by atoms with Gasteiger partial charge in [-0.05, 0) is 37.3 Å². The van der Waals surface area contributed by atoms with Gasteiger partial charge in [-0.25, -0.2) is 9.37 Å². The van der Waals surface area contributed by atoms with Crippen LogP contribution in [0.5, 0.6) is 0 Å². The zero-order valence-corrected chi connectivity index (χ0v) is 12.3. The predicted octanol–water partition coefficient (Wildman–Crippen LogP) is 5.26. The zero-order valence-electron chi connectivity index (χ0n) is 10.7. The molecule has 2 aromatic carbocycles. The van der Waals surface area contributed by atoms with Crippen LogP contribution in [0.1, 0.15) is 18.0 Å². The number of aromatic nitrogens is 1. The van der Waals surface area contributed by atoms with E-state index in [4.69, 9.17) is 11.6 Å². The summed E-state index contributed by atoms with van der Waals surface area (Å²) in [4.78, 5) is 4.56. The topological polar surface area (TPSA) is 24.9 Å². The molecule has 102 valence electrons. The van der Waals surface area contributed by atoms with Crippen molar-refractivity contribution in [2.45, 2.75) is 13.0 Å². The van der Waals surface area contributed by atoms with E-state index in [0.717, 1.165) is 15.2 Å². The van der Waals surface area contributed by atoms with Crippen LogP contribution in [0.2, 0.25) is 5.02 Å². The van der Waals surface area contributed by atoms with Gasteiger partial charge in [0.1, 0.15) is 10.8 Å². The molecule has 2 nitrogen and oxygen atoms in total. The Bertz CT molecular complexity index is 723. The minimum absolute atomic E-state index is 0.0666. The van der Waals surface area contributed by atoms with Crippen LogP contribution >= 0.6 is 22.9 Å². The number of benzene rings is 2. The summed E-state index contributed by atoms with van der Waals surface area (Å²) in [5, 5.41) is 4.45. The Hall–Kier alpha value is -1.65. The summed E-state index contributed by atoms with van der Waals surface area (Å²) in [5.41, 5.74) is 1.40. The van der Waals surface area contributed by atoms with Gasteiger partial charge in [-0.15, -0.1) is 11.3 Å². The number of fused-ring (bicyclic) bond motifs is 1.